The summed E-state index contributed by atoms with van der Waals surface area (Å²) < 4.78 is 40.2. The molecule has 4 aromatic rings. The van der Waals surface area contributed by atoms with Crippen molar-refractivity contribution in [3.05, 3.63) is 48.2 Å². The van der Waals surface area contributed by atoms with E-state index < -0.39 is 12.4 Å². The van der Waals surface area contributed by atoms with Crippen molar-refractivity contribution in [1.82, 2.24) is 24.5 Å². The summed E-state index contributed by atoms with van der Waals surface area (Å²) in [6.07, 6.45) is 2.22. The molecule has 1 fully saturated rings. The number of hydrogen-bond donors (Lipinski definition) is 2. The quantitative estimate of drug-likeness (QED) is 0.346. The van der Waals surface area contributed by atoms with E-state index in [4.69, 9.17) is 9.47 Å². The number of morpholine rings is 1. The zero-order chi connectivity index (χ0) is 26.8. The third-order valence-electron chi connectivity index (χ3n) is 6.28. The molecule has 1 aliphatic rings. The van der Waals surface area contributed by atoms with E-state index in [1.165, 1.54) is 13.2 Å². The summed E-state index contributed by atoms with van der Waals surface area (Å²) in [6, 6.07) is 4.63. The first kappa shape index (κ1) is 25.3. The number of aryl methyl sites for hydroxylation is 1. The maximum absolute atomic E-state index is 14.0. The van der Waals surface area contributed by atoms with Gasteiger partial charge in [0.1, 0.15) is 11.2 Å². The van der Waals surface area contributed by atoms with Crippen LogP contribution in [-0.2, 0) is 16.5 Å². The van der Waals surface area contributed by atoms with E-state index in [9.17, 15) is 13.6 Å². The zero-order valence-corrected chi connectivity index (χ0v) is 21.0. The minimum atomic E-state index is -2.71. The maximum atomic E-state index is 14.0. The molecule has 2 N–H and O–H groups in total. The van der Waals surface area contributed by atoms with Crippen molar-refractivity contribution in [1.29, 1.82) is 0 Å². The summed E-state index contributed by atoms with van der Waals surface area (Å²) in [5, 5.41) is 5.97. The number of fused-ring (bicyclic) bond motifs is 1. The molecule has 13 heteroatoms. The first-order valence-corrected chi connectivity index (χ1v) is 11.9. The van der Waals surface area contributed by atoms with Crippen LogP contribution >= 0.6 is 0 Å². The van der Waals surface area contributed by atoms with Crippen LogP contribution in [0.5, 0.6) is 0 Å². The number of halogens is 2. The summed E-state index contributed by atoms with van der Waals surface area (Å²) in [5.74, 6) is -0.367. The van der Waals surface area contributed by atoms with E-state index in [-0.39, 0.29) is 17.1 Å². The number of carbonyl (C=O) groups is 1. The average Bonchev–Trinajstić information content (AvgIpc) is 3.33. The first-order valence-electron chi connectivity index (χ1n) is 11.9. The fraction of sp³-hybridized carbons (Fsp3) is 0.320. The molecular formula is C25H26F2N8O3. The van der Waals surface area contributed by atoms with Gasteiger partial charge < -0.3 is 29.6 Å². The van der Waals surface area contributed by atoms with E-state index in [0.717, 1.165) is 5.52 Å². The molecule has 0 unspecified atom stereocenters. The Morgan fingerprint density at radius 1 is 1.16 bits per heavy atom. The molecule has 0 amide bonds. The number of carbonyl (C=O) groups excluding carboxylic acids is 1. The average molecular weight is 525 g/mol. The molecule has 0 aliphatic carbocycles. The zero-order valence-electron chi connectivity index (χ0n) is 21.0. The summed E-state index contributed by atoms with van der Waals surface area (Å²) in [5.41, 5.74) is 2.80. The van der Waals surface area contributed by atoms with Gasteiger partial charge in [-0.15, -0.1) is 0 Å². The molecular weight excluding hydrogens is 498 g/mol. The van der Waals surface area contributed by atoms with Gasteiger partial charge in [0.05, 0.1) is 43.9 Å². The van der Waals surface area contributed by atoms with Crippen LogP contribution in [-0.4, -0.2) is 70.9 Å². The van der Waals surface area contributed by atoms with Gasteiger partial charge in [-0.25, -0.2) is 28.5 Å². The molecule has 0 bridgehead atoms. The SMILES string of the molecule is CNc1nc(Nc2ccc(N3CCOCC3)c(C(F)F)c2)c(C(=O)OC)nc1-c1cncc2c1ncn2C. The number of methoxy groups -OCH3 is 1. The summed E-state index contributed by atoms with van der Waals surface area (Å²) in [4.78, 5) is 32.5. The third-order valence-corrected chi connectivity index (χ3v) is 6.28. The van der Waals surface area contributed by atoms with Gasteiger partial charge in [0.2, 0.25) is 0 Å². The summed E-state index contributed by atoms with van der Waals surface area (Å²) >= 11 is 0. The minimum Gasteiger partial charge on any atom is -0.464 e. The van der Waals surface area contributed by atoms with Crippen LogP contribution in [0.15, 0.2) is 36.9 Å². The van der Waals surface area contributed by atoms with Crippen LogP contribution in [0.3, 0.4) is 0 Å². The van der Waals surface area contributed by atoms with Crippen LogP contribution in [0.4, 0.5) is 31.8 Å². The first-order chi connectivity index (χ1) is 18.4. The number of pyridine rings is 1. The van der Waals surface area contributed by atoms with Gasteiger partial charge in [-0.1, -0.05) is 0 Å². The Labute approximate surface area is 216 Å². The molecule has 4 heterocycles. The highest BCUT2D eigenvalue weighted by atomic mass is 19.3. The van der Waals surface area contributed by atoms with Gasteiger partial charge in [-0.3, -0.25) is 4.98 Å². The largest absolute Gasteiger partial charge is 0.464 e. The predicted octanol–water partition coefficient (Wildman–Crippen LogP) is 3.77. The molecule has 198 valence electrons. The summed E-state index contributed by atoms with van der Waals surface area (Å²) in [6.45, 7) is 1.99. The molecule has 5 rings (SSSR count). The second-order valence-electron chi connectivity index (χ2n) is 8.57. The van der Waals surface area contributed by atoms with Crippen molar-refractivity contribution >= 4 is 40.0 Å². The van der Waals surface area contributed by atoms with Crippen LogP contribution < -0.4 is 15.5 Å². The number of nitrogens with one attached hydrogen (secondary N) is 2. The normalized spacial score (nSPS) is 13.7. The summed E-state index contributed by atoms with van der Waals surface area (Å²) in [7, 11) is 4.73. The number of rotatable bonds is 7. The minimum absolute atomic E-state index is 0.0467. The predicted molar refractivity (Wildman–Crippen MR) is 138 cm³/mol. The van der Waals surface area contributed by atoms with Gasteiger partial charge in [0.25, 0.3) is 6.43 Å². The van der Waals surface area contributed by atoms with Crippen molar-refractivity contribution < 1.29 is 23.0 Å². The third kappa shape index (κ3) is 4.67. The maximum Gasteiger partial charge on any atom is 0.360 e. The van der Waals surface area contributed by atoms with E-state index in [0.29, 0.717) is 60.3 Å². The molecule has 0 atom stereocenters. The molecule has 38 heavy (non-hydrogen) atoms. The Kier molecular flexibility index (Phi) is 7.01. The lowest BCUT2D eigenvalue weighted by Crippen LogP contribution is -2.36. The van der Waals surface area contributed by atoms with Gasteiger partial charge in [0.15, 0.2) is 17.3 Å². The molecule has 1 saturated heterocycles. The Balaban J connectivity index is 1.58. The Bertz CT molecular complexity index is 1490. The lowest BCUT2D eigenvalue weighted by atomic mass is 10.1. The number of benzene rings is 1. The molecule has 0 radical (unpaired) electrons. The van der Waals surface area contributed by atoms with Gasteiger partial charge in [0, 0.05) is 50.3 Å². The van der Waals surface area contributed by atoms with Crippen molar-refractivity contribution in [2.75, 3.05) is 56.0 Å². The lowest BCUT2D eigenvalue weighted by Gasteiger charge is -2.30. The van der Waals surface area contributed by atoms with Gasteiger partial charge >= 0.3 is 5.97 Å². The van der Waals surface area contributed by atoms with E-state index in [1.54, 1.807) is 37.9 Å². The molecule has 3 aromatic heterocycles. The van der Waals surface area contributed by atoms with Crippen molar-refractivity contribution in [2.45, 2.75) is 6.43 Å². The van der Waals surface area contributed by atoms with Crippen LogP contribution in [0.2, 0.25) is 0 Å². The highest BCUT2D eigenvalue weighted by Gasteiger charge is 2.25. The van der Waals surface area contributed by atoms with Crippen LogP contribution in [0, 0.1) is 0 Å². The van der Waals surface area contributed by atoms with Gasteiger partial charge in [-0.2, -0.15) is 0 Å². The number of alkyl halides is 2. The topological polar surface area (TPSA) is 119 Å². The second-order valence-corrected chi connectivity index (χ2v) is 8.57. The molecule has 1 aromatic carbocycles. The standard InChI is InChI=1S/C25H26F2N8O3/c1-28-23-20(16-11-29-12-18-19(16)30-13-34(18)2)32-21(25(36)37-3)24(33-23)31-14-4-5-17(15(10-14)22(26)27)35-6-8-38-9-7-35/h4-5,10-13,22H,6-9H2,1-3H3,(H2,28,31,33). The Morgan fingerprint density at radius 2 is 1.95 bits per heavy atom. The highest BCUT2D eigenvalue weighted by Crippen LogP contribution is 2.36. The van der Waals surface area contributed by atoms with Gasteiger partial charge in [-0.05, 0) is 18.2 Å². The monoisotopic (exact) mass is 524 g/mol. The molecule has 0 saturated carbocycles. The molecule has 1 aliphatic heterocycles. The van der Waals surface area contributed by atoms with Crippen LogP contribution in [0.1, 0.15) is 22.5 Å². The van der Waals surface area contributed by atoms with Crippen LogP contribution in [0.25, 0.3) is 22.3 Å². The number of nitrogens with zero attached hydrogens (tertiary/aromatic N) is 6. The number of esters is 1. The van der Waals surface area contributed by atoms with E-state index >= 15 is 0 Å². The number of imidazole rings is 1. The van der Waals surface area contributed by atoms with E-state index in [1.807, 2.05) is 16.5 Å². The van der Waals surface area contributed by atoms with Crippen molar-refractivity contribution in [3.63, 3.8) is 0 Å². The van der Waals surface area contributed by atoms with Crippen molar-refractivity contribution in [2.24, 2.45) is 7.05 Å². The Hall–Kier alpha value is -4.39. The fourth-order valence-electron chi connectivity index (χ4n) is 4.38. The highest BCUT2D eigenvalue weighted by molar-refractivity contribution is 5.98. The number of anilines is 4. The number of ether oxygens (including phenoxy) is 2. The lowest BCUT2D eigenvalue weighted by molar-refractivity contribution is 0.0595. The second kappa shape index (κ2) is 10.5. The molecule has 11 nitrogen and oxygen atoms in total. The molecule has 0 spiro atoms. The smallest absolute Gasteiger partial charge is 0.360 e. The Morgan fingerprint density at radius 3 is 2.66 bits per heavy atom. The fourth-order valence-corrected chi connectivity index (χ4v) is 4.38. The van der Waals surface area contributed by atoms with E-state index in [2.05, 4.69) is 30.6 Å². The number of hydrogen-bond acceptors (Lipinski definition) is 10. The number of aromatic nitrogens is 5. The van der Waals surface area contributed by atoms with Crippen molar-refractivity contribution in [3.8, 4) is 11.3 Å².